The summed E-state index contributed by atoms with van der Waals surface area (Å²) in [5, 5.41) is 3.33. The van der Waals surface area contributed by atoms with Crippen LogP contribution in [0.5, 0.6) is 0 Å². The Morgan fingerprint density at radius 1 is 1.10 bits per heavy atom. The number of halogens is 2. The molecule has 1 heterocycles. The first-order valence-corrected chi connectivity index (χ1v) is 8.21. The number of benzene rings is 1. The number of hydrogen-bond donors (Lipinski definition) is 1. The zero-order valence-corrected chi connectivity index (χ0v) is 13.3. The monoisotopic (exact) mass is 309 g/mol. The second-order valence-electron chi connectivity index (χ2n) is 5.10. The SMILES string of the molecule is CCCNC(Cc1ccc(CC)s1)c1cc(F)ccc1F. The van der Waals surface area contributed by atoms with Gasteiger partial charge in [-0.2, -0.15) is 0 Å². The van der Waals surface area contributed by atoms with Crippen LogP contribution in [0.3, 0.4) is 0 Å². The molecule has 0 fully saturated rings. The van der Waals surface area contributed by atoms with Crippen LogP contribution in [0.15, 0.2) is 30.3 Å². The lowest BCUT2D eigenvalue weighted by Gasteiger charge is -2.19. The highest BCUT2D eigenvalue weighted by Crippen LogP contribution is 2.26. The van der Waals surface area contributed by atoms with Crippen LogP contribution in [0, 0.1) is 11.6 Å². The van der Waals surface area contributed by atoms with Crippen molar-refractivity contribution in [1.82, 2.24) is 5.32 Å². The van der Waals surface area contributed by atoms with E-state index in [9.17, 15) is 8.78 Å². The Morgan fingerprint density at radius 3 is 2.52 bits per heavy atom. The summed E-state index contributed by atoms with van der Waals surface area (Å²) in [4.78, 5) is 2.52. The normalized spacial score (nSPS) is 12.6. The summed E-state index contributed by atoms with van der Waals surface area (Å²) in [5.41, 5.74) is 0.412. The minimum absolute atomic E-state index is 0.191. The van der Waals surface area contributed by atoms with Crippen molar-refractivity contribution >= 4 is 11.3 Å². The summed E-state index contributed by atoms with van der Waals surface area (Å²) in [6.07, 6.45) is 2.65. The lowest BCUT2D eigenvalue weighted by Crippen LogP contribution is -2.25. The van der Waals surface area contributed by atoms with E-state index in [1.165, 1.54) is 21.9 Å². The minimum Gasteiger partial charge on any atom is -0.310 e. The number of rotatable bonds is 7. The second kappa shape index (κ2) is 7.66. The van der Waals surface area contributed by atoms with Gasteiger partial charge in [0.1, 0.15) is 11.6 Å². The Balaban J connectivity index is 2.22. The average molecular weight is 309 g/mol. The van der Waals surface area contributed by atoms with Crippen LogP contribution in [0.2, 0.25) is 0 Å². The minimum atomic E-state index is -0.393. The molecule has 0 spiro atoms. The van der Waals surface area contributed by atoms with Gasteiger partial charge >= 0.3 is 0 Å². The Labute approximate surface area is 129 Å². The molecule has 0 aliphatic carbocycles. The molecule has 0 saturated carbocycles. The smallest absolute Gasteiger partial charge is 0.128 e. The lowest BCUT2D eigenvalue weighted by atomic mass is 10.0. The van der Waals surface area contributed by atoms with Gasteiger partial charge in [-0.3, -0.25) is 0 Å². The van der Waals surface area contributed by atoms with Crippen molar-refractivity contribution in [2.24, 2.45) is 0 Å². The quantitative estimate of drug-likeness (QED) is 0.769. The van der Waals surface area contributed by atoms with Gasteiger partial charge in [-0.1, -0.05) is 13.8 Å². The van der Waals surface area contributed by atoms with Crippen molar-refractivity contribution in [3.8, 4) is 0 Å². The van der Waals surface area contributed by atoms with Gasteiger partial charge in [0.25, 0.3) is 0 Å². The molecule has 4 heteroatoms. The van der Waals surface area contributed by atoms with Gasteiger partial charge in [0.15, 0.2) is 0 Å². The lowest BCUT2D eigenvalue weighted by molar-refractivity contribution is 0.492. The Hall–Kier alpha value is -1.26. The maximum Gasteiger partial charge on any atom is 0.128 e. The van der Waals surface area contributed by atoms with Gasteiger partial charge in [-0.25, -0.2) is 8.78 Å². The van der Waals surface area contributed by atoms with Crippen LogP contribution in [-0.2, 0) is 12.8 Å². The van der Waals surface area contributed by atoms with E-state index < -0.39 is 5.82 Å². The van der Waals surface area contributed by atoms with E-state index in [1.807, 2.05) is 0 Å². The molecule has 21 heavy (non-hydrogen) atoms. The van der Waals surface area contributed by atoms with Crippen LogP contribution < -0.4 is 5.32 Å². The number of aryl methyl sites for hydroxylation is 1. The summed E-state index contributed by atoms with van der Waals surface area (Å²) in [6.45, 7) is 4.97. The molecule has 2 rings (SSSR count). The maximum atomic E-state index is 14.0. The highest BCUT2D eigenvalue weighted by molar-refractivity contribution is 7.11. The maximum absolute atomic E-state index is 14.0. The topological polar surface area (TPSA) is 12.0 Å². The molecule has 0 amide bonds. The molecule has 0 saturated heterocycles. The van der Waals surface area contributed by atoms with Gasteiger partial charge in [0.2, 0.25) is 0 Å². The Morgan fingerprint density at radius 2 is 1.86 bits per heavy atom. The molecule has 1 atom stereocenters. The van der Waals surface area contributed by atoms with Gasteiger partial charge in [0, 0.05) is 27.8 Å². The van der Waals surface area contributed by atoms with Gasteiger partial charge in [-0.15, -0.1) is 11.3 Å². The molecule has 1 aromatic heterocycles. The van der Waals surface area contributed by atoms with E-state index in [4.69, 9.17) is 0 Å². The van der Waals surface area contributed by atoms with Crippen LogP contribution in [-0.4, -0.2) is 6.54 Å². The summed E-state index contributed by atoms with van der Waals surface area (Å²) in [5.74, 6) is -0.743. The summed E-state index contributed by atoms with van der Waals surface area (Å²) in [6, 6.07) is 7.67. The first kappa shape index (κ1) is 16.1. The molecule has 1 nitrogen and oxygen atoms in total. The van der Waals surface area contributed by atoms with Gasteiger partial charge < -0.3 is 5.32 Å². The van der Waals surface area contributed by atoms with Crippen LogP contribution in [0.1, 0.15) is 41.6 Å². The Kier molecular flexibility index (Phi) is 5.88. The Bertz CT molecular complexity index is 580. The van der Waals surface area contributed by atoms with E-state index >= 15 is 0 Å². The molecular weight excluding hydrogens is 288 g/mol. The summed E-state index contributed by atoms with van der Waals surface area (Å²) >= 11 is 1.74. The largest absolute Gasteiger partial charge is 0.310 e. The highest BCUT2D eigenvalue weighted by atomic mass is 32.1. The molecule has 1 N–H and O–H groups in total. The van der Waals surface area contributed by atoms with Crippen LogP contribution in [0.4, 0.5) is 8.78 Å². The fraction of sp³-hybridized carbons (Fsp3) is 0.412. The van der Waals surface area contributed by atoms with E-state index in [-0.39, 0.29) is 11.9 Å². The molecular formula is C17H21F2NS. The molecule has 1 unspecified atom stereocenters. The van der Waals surface area contributed by atoms with Gasteiger partial charge in [0.05, 0.1) is 0 Å². The van der Waals surface area contributed by atoms with Crippen molar-refractivity contribution in [3.63, 3.8) is 0 Å². The molecule has 0 aliphatic rings. The summed E-state index contributed by atoms with van der Waals surface area (Å²) in [7, 11) is 0. The molecule has 2 aromatic rings. The number of thiophene rings is 1. The first-order valence-electron chi connectivity index (χ1n) is 7.40. The fourth-order valence-corrected chi connectivity index (χ4v) is 3.32. The number of hydrogen-bond acceptors (Lipinski definition) is 2. The van der Waals surface area contributed by atoms with E-state index in [1.54, 1.807) is 11.3 Å². The zero-order chi connectivity index (χ0) is 15.2. The highest BCUT2D eigenvalue weighted by Gasteiger charge is 2.17. The van der Waals surface area contributed by atoms with E-state index in [0.717, 1.165) is 25.5 Å². The second-order valence-corrected chi connectivity index (χ2v) is 6.35. The van der Waals surface area contributed by atoms with Crippen LogP contribution in [0.25, 0.3) is 0 Å². The molecule has 0 radical (unpaired) electrons. The third-order valence-corrected chi connectivity index (χ3v) is 4.70. The first-order chi connectivity index (χ1) is 10.1. The third-order valence-electron chi connectivity index (χ3n) is 3.45. The van der Waals surface area contributed by atoms with Crippen molar-refractivity contribution in [1.29, 1.82) is 0 Å². The van der Waals surface area contributed by atoms with Crippen molar-refractivity contribution < 1.29 is 8.78 Å². The van der Waals surface area contributed by atoms with E-state index in [0.29, 0.717) is 12.0 Å². The summed E-state index contributed by atoms with van der Waals surface area (Å²) < 4.78 is 27.5. The fourth-order valence-electron chi connectivity index (χ4n) is 2.32. The van der Waals surface area contributed by atoms with Crippen molar-refractivity contribution in [3.05, 3.63) is 57.3 Å². The standard InChI is InChI=1S/C17H21F2NS/c1-3-9-20-17(11-14-7-6-13(4-2)21-14)15-10-12(18)5-8-16(15)19/h5-8,10,17,20H,3-4,9,11H2,1-2H3. The van der Waals surface area contributed by atoms with Crippen molar-refractivity contribution in [2.45, 2.75) is 39.2 Å². The van der Waals surface area contributed by atoms with E-state index in [2.05, 4.69) is 31.3 Å². The van der Waals surface area contributed by atoms with Gasteiger partial charge in [-0.05, 0) is 49.7 Å². The average Bonchev–Trinajstić information content (AvgIpc) is 2.94. The third kappa shape index (κ3) is 4.35. The molecule has 1 aromatic carbocycles. The predicted molar refractivity (Wildman–Crippen MR) is 84.8 cm³/mol. The van der Waals surface area contributed by atoms with Crippen LogP contribution >= 0.6 is 11.3 Å². The number of nitrogens with one attached hydrogen (secondary N) is 1. The predicted octanol–water partition coefficient (Wildman–Crippen LogP) is 4.87. The zero-order valence-electron chi connectivity index (χ0n) is 12.5. The molecule has 114 valence electrons. The molecule has 0 aliphatic heterocycles. The van der Waals surface area contributed by atoms with Crippen molar-refractivity contribution in [2.75, 3.05) is 6.54 Å². The molecule has 0 bridgehead atoms.